The first-order valence-corrected chi connectivity index (χ1v) is 11.2. The van der Waals surface area contributed by atoms with Gasteiger partial charge in [-0.3, -0.25) is 19.2 Å². The SMILES string of the molecule is O=C(c1ccc(Cl)cc1)n1ccc2cc3nccc(N4CCN5CCC[C@H]5C4)c3cc21. The second-order valence-electron chi connectivity index (χ2n) is 8.53. The van der Waals surface area contributed by atoms with Gasteiger partial charge in [-0.05, 0) is 67.9 Å². The van der Waals surface area contributed by atoms with Crippen LogP contribution >= 0.6 is 11.6 Å². The first-order valence-electron chi connectivity index (χ1n) is 10.9. The molecule has 2 aliphatic heterocycles. The first kappa shape index (κ1) is 18.8. The van der Waals surface area contributed by atoms with Crippen molar-refractivity contribution in [2.75, 3.05) is 31.1 Å². The van der Waals surface area contributed by atoms with E-state index in [2.05, 4.69) is 33.0 Å². The molecule has 2 aromatic heterocycles. The second kappa shape index (κ2) is 7.36. The first-order chi connectivity index (χ1) is 15.2. The lowest BCUT2D eigenvalue weighted by Gasteiger charge is -2.39. The number of nitrogens with zero attached hydrogens (tertiary/aromatic N) is 4. The minimum absolute atomic E-state index is 0.0592. The van der Waals surface area contributed by atoms with E-state index in [1.54, 1.807) is 28.8 Å². The van der Waals surface area contributed by atoms with Gasteiger partial charge in [-0.25, -0.2) is 0 Å². The Kier molecular flexibility index (Phi) is 4.47. The highest BCUT2D eigenvalue weighted by molar-refractivity contribution is 6.30. The molecule has 5 nitrogen and oxygen atoms in total. The topological polar surface area (TPSA) is 41.4 Å². The molecule has 31 heavy (non-hydrogen) atoms. The number of pyridine rings is 1. The van der Waals surface area contributed by atoms with Crippen molar-refractivity contribution in [1.82, 2.24) is 14.5 Å². The monoisotopic (exact) mass is 430 g/mol. The van der Waals surface area contributed by atoms with E-state index >= 15 is 0 Å². The van der Waals surface area contributed by atoms with Crippen LogP contribution in [0.3, 0.4) is 0 Å². The van der Waals surface area contributed by atoms with Gasteiger partial charge in [0.25, 0.3) is 5.91 Å². The van der Waals surface area contributed by atoms with Crippen LogP contribution in [0.5, 0.6) is 0 Å². The molecule has 0 aliphatic carbocycles. The number of hydrogen-bond donors (Lipinski definition) is 0. The molecule has 0 saturated carbocycles. The van der Waals surface area contributed by atoms with Crippen LogP contribution in [0.2, 0.25) is 5.02 Å². The Morgan fingerprint density at radius 1 is 1.03 bits per heavy atom. The summed E-state index contributed by atoms with van der Waals surface area (Å²) in [6, 6.07) is 16.0. The highest BCUT2D eigenvalue weighted by Crippen LogP contribution is 2.33. The molecule has 156 valence electrons. The Balaban J connectivity index is 1.44. The van der Waals surface area contributed by atoms with Gasteiger partial charge < -0.3 is 4.90 Å². The maximum atomic E-state index is 13.2. The largest absolute Gasteiger partial charge is 0.368 e. The van der Waals surface area contributed by atoms with Crippen molar-refractivity contribution in [2.45, 2.75) is 18.9 Å². The standard InChI is InChI=1S/C25H23ClN4O/c26-19-5-3-17(4-6-19)25(31)30-11-8-18-14-22-21(15-24(18)30)23(7-9-27-22)29-13-12-28-10-1-2-20(28)16-29/h3-9,11,14-15,20H,1-2,10,12-13,16H2/t20-/m0/s1. The molecule has 0 radical (unpaired) electrons. The Morgan fingerprint density at radius 2 is 1.90 bits per heavy atom. The van der Waals surface area contributed by atoms with E-state index < -0.39 is 0 Å². The number of carbonyl (C=O) groups is 1. The van der Waals surface area contributed by atoms with E-state index in [-0.39, 0.29) is 5.91 Å². The maximum absolute atomic E-state index is 13.2. The molecule has 0 amide bonds. The van der Waals surface area contributed by atoms with Gasteiger partial charge in [0.1, 0.15) is 0 Å². The van der Waals surface area contributed by atoms with Gasteiger partial charge in [0, 0.05) is 65.1 Å². The molecule has 2 fully saturated rings. The van der Waals surface area contributed by atoms with Crippen molar-refractivity contribution in [3.8, 4) is 0 Å². The third-order valence-electron chi connectivity index (χ3n) is 6.77. The van der Waals surface area contributed by atoms with Gasteiger partial charge in [-0.2, -0.15) is 0 Å². The van der Waals surface area contributed by atoms with Gasteiger partial charge >= 0.3 is 0 Å². The van der Waals surface area contributed by atoms with Crippen LogP contribution in [0.25, 0.3) is 21.8 Å². The predicted octanol–water partition coefficient (Wildman–Crippen LogP) is 4.82. The van der Waals surface area contributed by atoms with Gasteiger partial charge in [-0.1, -0.05) is 11.6 Å². The lowest BCUT2D eigenvalue weighted by Crippen LogP contribution is -2.50. The predicted molar refractivity (Wildman–Crippen MR) is 125 cm³/mol. The number of halogens is 1. The van der Waals surface area contributed by atoms with Crippen molar-refractivity contribution in [3.63, 3.8) is 0 Å². The van der Waals surface area contributed by atoms with Crippen LogP contribution in [-0.2, 0) is 0 Å². The van der Waals surface area contributed by atoms with Crippen LogP contribution in [0.4, 0.5) is 5.69 Å². The zero-order valence-electron chi connectivity index (χ0n) is 17.2. The molecule has 0 N–H and O–H groups in total. The molecule has 2 saturated heterocycles. The van der Waals surface area contributed by atoms with Crippen LogP contribution in [0.15, 0.2) is 60.9 Å². The number of piperazine rings is 1. The van der Waals surface area contributed by atoms with E-state index in [1.165, 1.54) is 25.1 Å². The van der Waals surface area contributed by atoms with Crippen LogP contribution in [-0.4, -0.2) is 52.6 Å². The molecule has 0 unspecified atom stereocenters. The fourth-order valence-corrected chi connectivity index (χ4v) is 5.28. The number of carbonyl (C=O) groups excluding carboxylic acids is 1. The summed E-state index contributed by atoms with van der Waals surface area (Å²) in [6.45, 7) is 4.43. The van der Waals surface area contributed by atoms with Crippen LogP contribution < -0.4 is 4.90 Å². The van der Waals surface area contributed by atoms with E-state index in [1.807, 2.05) is 18.5 Å². The molecular weight excluding hydrogens is 408 g/mol. The van der Waals surface area contributed by atoms with Crippen molar-refractivity contribution in [2.24, 2.45) is 0 Å². The average molecular weight is 431 g/mol. The number of aromatic nitrogens is 2. The van der Waals surface area contributed by atoms with E-state index in [9.17, 15) is 4.79 Å². The summed E-state index contributed by atoms with van der Waals surface area (Å²) in [6.07, 6.45) is 6.33. The molecule has 6 heteroatoms. The summed E-state index contributed by atoms with van der Waals surface area (Å²) in [5.74, 6) is -0.0592. The molecule has 2 aromatic carbocycles. The zero-order valence-corrected chi connectivity index (χ0v) is 17.9. The fraction of sp³-hybridized carbons (Fsp3) is 0.280. The summed E-state index contributed by atoms with van der Waals surface area (Å²) in [5.41, 5.74) is 3.70. The number of rotatable bonds is 2. The third-order valence-corrected chi connectivity index (χ3v) is 7.02. The van der Waals surface area contributed by atoms with Gasteiger partial charge in [0.2, 0.25) is 0 Å². The van der Waals surface area contributed by atoms with Crippen LogP contribution in [0.1, 0.15) is 23.2 Å². The second-order valence-corrected chi connectivity index (χ2v) is 8.97. The number of anilines is 1. The van der Waals surface area contributed by atoms with Crippen molar-refractivity contribution < 1.29 is 4.79 Å². The summed E-state index contributed by atoms with van der Waals surface area (Å²) >= 11 is 5.99. The third kappa shape index (κ3) is 3.20. The summed E-state index contributed by atoms with van der Waals surface area (Å²) in [7, 11) is 0. The highest BCUT2D eigenvalue weighted by atomic mass is 35.5. The molecule has 1 atom stereocenters. The fourth-order valence-electron chi connectivity index (χ4n) is 5.15. The molecule has 4 aromatic rings. The lowest BCUT2D eigenvalue weighted by molar-refractivity contribution is 0.0965. The van der Waals surface area contributed by atoms with Gasteiger partial charge in [-0.15, -0.1) is 0 Å². The molecular formula is C25H23ClN4O. The zero-order chi connectivity index (χ0) is 20.9. The van der Waals surface area contributed by atoms with Crippen molar-refractivity contribution >= 4 is 45.0 Å². The Morgan fingerprint density at radius 3 is 2.77 bits per heavy atom. The summed E-state index contributed by atoms with van der Waals surface area (Å²) in [5, 5.41) is 2.74. The van der Waals surface area contributed by atoms with E-state index in [0.29, 0.717) is 16.6 Å². The molecule has 2 aliphatic rings. The molecule has 6 rings (SSSR count). The average Bonchev–Trinajstić information content (AvgIpc) is 3.43. The summed E-state index contributed by atoms with van der Waals surface area (Å²) in [4.78, 5) is 22.9. The van der Waals surface area contributed by atoms with Crippen LogP contribution in [0, 0.1) is 0 Å². The molecule has 0 spiro atoms. The maximum Gasteiger partial charge on any atom is 0.262 e. The number of fused-ring (bicyclic) bond motifs is 3. The van der Waals surface area contributed by atoms with Gasteiger partial charge in [0.15, 0.2) is 0 Å². The van der Waals surface area contributed by atoms with E-state index in [0.717, 1.165) is 41.4 Å². The minimum atomic E-state index is -0.0592. The van der Waals surface area contributed by atoms with Crippen molar-refractivity contribution in [3.05, 3.63) is 71.5 Å². The van der Waals surface area contributed by atoms with Crippen molar-refractivity contribution in [1.29, 1.82) is 0 Å². The Hall–Kier alpha value is -2.89. The summed E-state index contributed by atoms with van der Waals surface area (Å²) < 4.78 is 1.73. The number of benzene rings is 2. The van der Waals surface area contributed by atoms with E-state index in [4.69, 9.17) is 11.6 Å². The Bertz CT molecular complexity index is 1300. The smallest absolute Gasteiger partial charge is 0.262 e. The number of hydrogen-bond acceptors (Lipinski definition) is 4. The normalized spacial score (nSPS) is 19.3. The Labute approximate surface area is 185 Å². The molecule has 4 heterocycles. The molecule has 0 bridgehead atoms. The minimum Gasteiger partial charge on any atom is -0.368 e. The van der Waals surface area contributed by atoms with Gasteiger partial charge in [0.05, 0.1) is 11.0 Å². The quantitative estimate of drug-likeness (QED) is 0.457. The highest BCUT2D eigenvalue weighted by Gasteiger charge is 2.31. The lowest BCUT2D eigenvalue weighted by atomic mass is 10.1.